The molecule has 116 valence electrons. The summed E-state index contributed by atoms with van der Waals surface area (Å²) in [5.41, 5.74) is 5.89. The van der Waals surface area contributed by atoms with Crippen LogP contribution in [0.4, 0.5) is 0 Å². The second-order valence-electron chi connectivity index (χ2n) is 5.43. The molecule has 0 aromatic carbocycles. The summed E-state index contributed by atoms with van der Waals surface area (Å²) in [6, 6.07) is 0.520. The fourth-order valence-corrected chi connectivity index (χ4v) is 2.51. The molecular weight excluding hydrogens is 266 g/mol. The van der Waals surface area contributed by atoms with Gasteiger partial charge in [0, 0.05) is 6.04 Å². The largest absolute Gasteiger partial charge is 0.394 e. The number of hydrogen-bond acceptors (Lipinski definition) is 3. The number of hydrogen-bond donors (Lipinski definition) is 3. The minimum absolute atomic E-state index is 0.520. The highest BCUT2D eigenvalue weighted by atomic mass is 32.3. The van der Waals surface area contributed by atoms with Crippen molar-refractivity contribution in [1.29, 1.82) is 0 Å². The molecule has 0 aliphatic heterocycles. The molecule has 6 heteroatoms. The van der Waals surface area contributed by atoms with E-state index in [2.05, 4.69) is 6.92 Å². The van der Waals surface area contributed by atoms with Crippen molar-refractivity contribution in [2.24, 2.45) is 11.7 Å². The first-order valence-electron chi connectivity index (χ1n) is 7.28. The maximum atomic E-state index is 8.74. The van der Waals surface area contributed by atoms with Crippen molar-refractivity contribution in [3.05, 3.63) is 0 Å². The quantitative estimate of drug-likeness (QED) is 0.516. The minimum atomic E-state index is -4.67. The third-order valence-electron chi connectivity index (χ3n) is 3.61. The summed E-state index contributed by atoms with van der Waals surface area (Å²) in [6.45, 7) is 2.28. The van der Waals surface area contributed by atoms with E-state index < -0.39 is 10.4 Å². The molecule has 0 aromatic rings. The van der Waals surface area contributed by atoms with Gasteiger partial charge in [0.25, 0.3) is 0 Å². The average molecular weight is 295 g/mol. The molecule has 0 unspecified atom stereocenters. The van der Waals surface area contributed by atoms with E-state index in [9.17, 15) is 0 Å². The summed E-state index contributed by atoms with van der Waals surface area (Å²) in [5, 5.41) is 0. The molecule has 1 saturated carbocycles. The Labute approximate surface area is 117 Å². The highest BCUT2D eigenvalue weighted by Crippen LogP contribution is 2.27. The Morgan fingerprint density at radius 3 is 1.95 bits per heavy atom. The van der Waals surface area contributed by atoms with Crippen LogP contribution in [-0.2, 0) is 10.4 Å². The highest BCUT2D eigenvalue weighted by Gasteiger charge is 2.17. The molecule has 1 aliphatic carbocycles. The molecular formula is C13H29NO4S. The Morgan fingerprint density at radius 1 is 1.00 bits per heavy atom. The molecule has 5 nitrogen and oxygen atoms in total. The molecule has 1 aliphatic rings. The summed E-state index contributed by atoms with van der Waals surface area (Å²) >= 11 is 0. The summed E-state index contributed by atoms with van der Waals surface area (Å²) in [6.07, 6.45) is 14.0. The van der Waals surface area contributed by atoms with Crippen LogP contribution in [0.1, 0.15) is 71.1 Å². The molecule has 4 N–H and O–H groups in total. The average Bonchev–Trinajstić information content (AvgIpc) is 2.29. The second kappa shape index (κ2) is 10.6. The van der Waals surface area contributed by atoms with Gasteiger partial charge in [0.2, 0.25) is 0 Å². The summed E-state index contributed by atoms with van der Waals surface area (Å²) in [5.74, 6) is 1.01. The topological polar surface area (TPSA) is 101 Å². The van der Waals surface area contributed by atoms with Crippen molar-refractivity contribution < 1.29 is 17.5 Å². The van der Waals surface area contributed by atoms with Crippen molar-refractivity contribution in [2.75, 3.05) is 0 Å². The van der Waals surface area contributed by atoms with Crippen molar-refractivity contribution in [1.82, 2.24) is 0 Å². The van der Waals surface area contributed by atoms with Crippen molar-refractivity contribution in [3.63, 3.8) is 0 Å². The number of nitrogens with two attached hydrogens (primary N) is 1. The maximum absolute atomic E-state index is 8.74. The molecule has 0 radical (unpaired) electrons. The highest BCUT2D eigenvalue weighted by molar-refractivity contribution is 7.79. The van der Waals surface area contributed by atoms with Gasteiger partial charge in [-0.3, -0.25) is 9.11 Å². The molecule has 0 heterocycles. The fourth-order valence-electron chi connectivity index (χ4n) is 2.51. The van der Waals surface area contributed by atoms with Crippen LogP contribution < -0.4 is 5.73 Å². The monoisotopic (exact) mass is 295 g/mol. The Kier molecular flexibility index (Phi) is 10.5. The predicted octanol–water partition coefficient (Wildman–Crippen LogP) is 3.21. The van der Waals surface area contributed by atoms with E-state index in [1.54, 1.807) is 0 Å². The summed E-state index contributed by atoms with van der Waals surface area (Å²) < 4.78 is 31.6. The van der Waals surface area contributed by atoms with E-state index in [-0.39, 0.29) is 0 Å². The maximum Gasteiger partial charge on any atom is 0.394 e. The molecule has 0 aromatic heterocycles. The van der Waals surface area contributed by atoms with E-state index >= 15 is 0 Å². The van der Waals surface area contributed by atoms with Crippen LogP contribution in [0, 0.1) is 5.92 Å². The lowest BCUT2D eigenvalue weighted by Gasteiger charge is -2.25. The molecule has 0 saturated heterocycles. The number of rotatable bonds is 6. The Hall–Kier alpha value is -0.170. The van der Waals surface area contributed by atoms with Gasteiger partial charge in [0.15, 0.2) is 0 Å². The standard InChI is InChI=1S/C13H27N.H2O4S/c1-2-3-4-5-6-7-12-8-10-13(14)11-9-12;1-5(2,3)4/h12-13H,2-11,14H2,1H3;(H2,1,2,3,4). The van der Waals surface area contributed by atoms with Gasteiger partial charge < -0.3 is 5.73 Å². The lowest BCUT2D eigenvalue weighted by atomic mass is 9.83. The molecule has 19 heavy (non-hydrogen) atoms. The van der Waals surface area contributed by atoms with Gasteiger partial charge in [0.1, 0.15) is 0 Å². The Balaban J connectivity index is 0.000000555. The third-order valence-corrected chi connectivity index (χ3v) is 3.61. The molecule has 1 rings (SSSR count). The van der Waals surface area contributed by atoms with Gasteiger partial charge in [-0.2, -0.15) is 8.42 Å². The molecule has 0 amide bonds. The van der Waals surface area contributed by atoms with E-state index in [1.165, 1.54) is 64.2 Å². The molecule has 0 atom stereocenters. The van der Waals surface area contributed by atoms with Gasteiger partial charge in [-0.1, -0.05) is 45.4 Å². The summed E-state index contributed by atoms with van der Waals surface area (Å²) in [7, 11) is -4.67. The lowest BCUT2D eigenvalue weighted by molar-refractivity contribution is 0.302. The zero-order valence-electron chi connectivity index (χ0n) is 11.9. The first-order chi connectivity index (χ1) is 8.83. The van der Waals surface area contributed by atoms with Crippen LogP contribution in [-0.4, -0.2) is 23.6 Å². The number of unbranched alkanes of at least 4 members (excludes halogenated alkanes) is 4. The van der Waals surface area contributed by atoms with E-state index in [4.69, 9.17) is 23.3 Å². The molecule has 1 fully saturated rings. The van der Waals surface area contributed by atoms with Crippen LogP contribution in [0.25, 0.3) is 0 Å². The zero-order chi connectivity index (χ0) is 14.7. The van der Waals surface area contributed by atoms with Crippen LogP contribution in [0.5, 0.6) is 0 Å². The Bertz CT molecular complexity index is 290. The summed E-state index contributed by atoms with van der Waals surface area (Å²) in [4.78, 5) is 0. The van der Waals surface area contributed by atoms with Crippen molar-refractivity contribution >= 4 is 10.4 Å². The van der Waals surface area contributed by atoms with Gasteiger partial charge >= 0.3 is 10.4 Å². The first-order valence-corrected chi connectivity index (χ1v) is 8.68. The van der Waals surface area contributed by atoms with E-state index in [0.717, 1.165) is 5.92 Å². The van der Waals surface area contributed by atoms with Gasteiger partial charge in [-0.15, -0.1) is 0 Å². The van der Waals surface area contributed by atoms with Crippen LogP contribution in [0.15, 0.2) is 0 Å². The van der Waals surface area contributed by atoms with Crippen LogP contribution >= 0.6 is 0 Å². The predicted molar refractivity (Wildman–Crippen MR) is 77.5 cm³/mol. The van der Waals surface area contributed by atoms with Crippen LogP contribution in [0.3, 0.4) is 0 Å². The minimum Gasteiger partial charge on any atom is -0.328 e. The van der Waals surface area contributed by atoms with Crippen molar-refractivity contribution in [2.45, 2.75) is 77.2 Å². The van der Waals surface area contributed by atoms with Gasteiger partial charge in [-0.25, -0.2) is 0 Å². The Morgan fingerprint density at radius 2 is 1.47 bits per heavy atom. The SMILES string of the molecule is CCCCCCCC1CCC(N)CC1.O=S(=O)(O)O. The lowest BCUT2D eigenvalue weighted by Crippen LogP contribution is -2.26. The van der Waals surface area contributed by atoms with Gasteiger partial charge in [0.05, 0.1) is 0 Å². The van der Waals surface area contributed by atoms with Gasteiger partial charge in [-0.05, 0) is 31.6 Å². The van der Waals surface area contributed by atoms with E-state index in [1.807, 2.05) is 0 Å². The second-order valence-corrected chi connectivity index (χ2v) is 6.33. The fraction of sp³-hybridized carbons (Fsp3) is 1.00. The smallest absolute Gasteiger partial charge is 0.328 e. The van der Waals surface area contributed by atoms with E-state index in [0.29, 0.717) is 6.04 Å². The molecule has 0 spiro atoms. The zero-order valence-corrected chi connectivity index (χ0v) is 12.7. The molecule has 0 bridgehead atoms. The third kappa shape index (κ3) is 15.8. The van der Waals surface area contributed by atoms with Crippen molar-refractivity contribution in [3.8, 4) is 0 Å². The first kappa shape index (κ1) is 18.8. The normalized spacial score (nSPS) is 23.6. The van der Waals surface area contributed by atoms with Crippen LogP contribution in [0.2, 0.25) is 0 Å².